The number of hydrogen-bond donors (Lipinski definition) is 1. The summed E-state index contributed by atoms with van der Waals surface area (Å²) in [4.78, 5) is 15.1. The molecule has 0 unspecified atom stereocenters. The fraction of sp³-hybridized carbons (Fsp3) is 0.471. The van der Waals surface area contributed by atoms with E-state index in [4.69, 9.17) is 14.6 Å². The average Bonchev–Trinajstić information content (AvgIpc) is 2.86. The largest absolute Gasteiger partial charge is 0.494 e. The van der Waals surface area contributed by atoms with Crippen molar-refractivity contribution in [3.8, 4) is 5.75 Å². The van der Waals surface area contributed by atoms with Crippen LogP contribution in [0.1, 0.15) is 38.2 Å². The lowest BCUT2D eigenvalue weighted by Crippen LogP contribution is -2.34. The fourth-order valence-corrected chi connectivity index (χ4v) is 3.34. The van der Waals surface area contributed by atoms with Crippen LogP contribution in [0.5, 0.6) is 5.75 Å². The third-order valence-electron chi connectivity index (χ3n) is 4.45. The summed E-state index contributed by atoms with van der Waals surface area (Å²) in [7, 11) is 0. The van der Waals surface area contributed by atoms with Crippen LogP contribution in [0, 0.1) is 6.61 Å². The Kier molecular flexibility index (Phi) is 4.16. The van der Waals surface area contributed by atoms with Crippen LogP contribution < -0.4 is 4.74 Å². The molecule has 0 saturated heterocycles. The van der Waals surface area contributed by atoms with Crippen molar-refractivity contribution in [2.24, 2.45) is 4.99 Å². The molecule has 1 spiro atoms. The maximum atomic E-state index is 10.5. The van der Waals surface area contributed by atoms with E-state index in [1.54, 1.807) is 0 Å². The van der Waals surface area contributed by atoms with Gasteiger partial charge in [0.05, 0.1) is 18.4 Å². The first-order valence-corrected chi connectivity index (χ1v) is 7.67. The van der Waals surface area contributed by atoms with Gasteiger partial charge in [-0.3, -0.25) is 4.99 Å². The molecule has 22 heavy (non-hydrogen) atoms. The molecule has 1 aliphatic carbocycles. The second-order valence-corrected chi connectivity index (χ2v) is 5.82. The highest BCUT2D eigenvalue weighted by Crippen LogP contribution is 2.47. The number of carboxylic acid groups (broad SMARTS) is 1. The lowest BCUT2D eigenvalue weighted by Gasteiger charge is -2.35. The van der Waals surface area contributed by atoms with E-state index in [0.717, 1.165) is 43.7 Å². The summed E-state index contributed by atoms with van der Waals surface area (Å²) in [6.45, 7) is 3.51. The van der Waals surface area contributed by atoms with Crippen LogP contribution in [0.25, 0.3) is 0 Å². The minimum atomic E-state index is -1.03. The smallest absolute Gasteiger partial charge is 0.336 e. The predicted molar refractivity (Wildman–Crippen MR) is 82.7 cm³/mol. The Hall–Kier alpha value is -1.88. The highest BCUT2D eigenvalue weighted by atomic mass is 16.5. The summed E-state index contributed by atoms with van der Waals surface area (Å²) in [5, 5.41) is 8.64. The molecule has 5 heteroatoms. The monoisotopic (exact) mass is 302 g/mol. The number of hydrogen-bond acceptors (Lipinski definition) is 4. The molecule has 0 atom stereocenters. The van der Waals surface area contributed by atoms with Crippen LogP contribution >= 0.6 is 0 Å². The number of aliphatic carboxylic acids is 1. The van der Waals surface area contributed by atoms with Crippen molar-refractivity contribution in [3.05, 3.63) is 30.4 Å². The third kappa shape index (κ3) is 2.86. The summed E-state index contributed by atoms with van der Waals surface area (Å²) in [5.41, 5.74) is 2.19. The number of benzene rings is 1. The molecule has 1 fully saturated rings. The van der Waals surface area contributed by atoms with Gasteiger partial charge in [-0.1, -0.05) is 0 Å². The normalized spacial score (nSPS) is 26.1. The molecule has 5 nitrogen and oxygen atoms in total. The zero-order chi connectivity index (χ0) is 15.6. The van der Waals surface area contributed by atoms with Gasteiger partial charge < -0.3 is 14.6 Å². The Morgan fingerprint density at radius 3 is 2.91 bits per heavy atom. The van der Waals surface area contributed by atoms with E-state index in [-0.39, 0.29) is 11.5 Å². The quantitative estimate of drug-likeness (QED) is 0.906. The molecule has 1 saturated carbocycles. The van der Waals surface area contributed by atoms with Crippen molar-refractivity contribution in [1.82, 2.24) is 0 Å². The molecular weight excluding hydrogens is 282 g/mol. The predicted octanol–water partition coefficient (Wildman–Crippen LogP) is 3.24. The lowest BCUT2D eigenvalue weighted by atomic mass is 9.70. The zero-order valence-corrected chi connectivity index (χ0v) is 12.6. The van der Waals surface area contributed by atoms with Crippen LogP contribution in [0.3, 0.4) is 0 Å². The van der Waals surface area contributed by atoms with Gasteiger partial charge in [0.25, 0.3) is 0 Å². The van der Waals surface area contributed by atoms with Crippen LogP contribution in [0.4, 0.5) is 5.69 Å². The molecule has 1 aliphatic heterocycles. The van der Waals surface area contributed by atoms with Crippen molar-refractivity contribution in [2.45, 2.75) is 44.1 Å². The van der Waals surface area contributed by atoms with Gasteiger partial charge in [-0.25, -0.2) is 4.79 Å². The number of carboxylic acids is 1. The van der Waals surface area contributed by atoms with E-state index in [1.165, 1.54) is 5.56 Å². The molecule has 2 aliphatic rings. The molecule has 0 amide bonds. The molecule has 1 aromatic rings. The minimum Gasteiger partial charge on any atom is -0.494 e. The van der Waals surface area contributed by atoms with Gasteiger partial charge in [-0.15, -0.1) is 0 Å². The second kappa shape index (κ2) is 6.08. The molecule has 0 aromatic heterocycles. The summed E-state index contributed by atoms with van der Waals surface area (Å²) < 4.78 is 10.9. The number of aliphatic imine (C=N–C) groups is 1. The van der Waals surface area contributed by atoms with Gasteiger partial charge in [0.2, 0.25) is 0 Å². The van der Waals surface area contributed by atoms with E-state index < -0.39 is 5.97 Å². The first-order valence-electron chi connectivity index (χ1n) is 7.67. The topological polar surface area (TPSA) is 68.1 Å². The molecular formula is C17H20NO4. The number of nitrogens with zero attached hydrogens (tertiary/aromatic N) is 1. The first-order chi connectivity index (χ1) is 10.6. The van der Waals surface area contributed by atoms with E-state index >= 15 is 0 Å². The van der Waals surface area contributed by atoms with Crippen molar-refractivity contribution in [3.63, 3.8) is 0 Å². The summed E-state index contributed by atoms with van der Waals surface area (Å²) in [6, 6.07) is 6.05. The van der Waals surface area contributed by atoms with Gasteiger partial charge in [0, 0.05) is 11.6 Å². The lowest BCUT2D eigenvalue weighted by molar-refractivity contribution is -0.139. The van der Waals surface area contributed by atoms with E-state index in [2.05, 4.69) is 11.1 Å². The zero-order valence-electron chi connectivity index (χ0n) is 12.6. The average molecular weight is 302 g/mol. The Morgan fingerprint density at radius 2 is 2.23 bits per heavy atom. The molecule has 1 aromatic carbocycles. The third-order valence-corrected chi connectivity index (χ3v) is 4.45. The number of rotatable bonds is 5. The molecule has 1 heterocycles. The van der Waals surface area contributed by atoms with Crippen LogP contribution in [0.15, 0.2) is 23.2 Å². The molecule has 3 rings (SSSR count). The van der Waals surface area contributed by atoms with Gasteiger partial charge in [-0.05, 0) is 56.4 Å². The minimum absolute atomic E-state index is 0.0192. The maximum absolute atomic E-state index is 10.5. The van der Waals surface area contributed by atoms with Crippen LogP contribution in [0.2, 0.25) is 0 Å². The molecule has 1 N–H and O–H groups in total. The highest BCUT2D eigenvalue weighted by Gasteiger charge is 2.40. The van der Waals surface area contributed by atoms with Gasteiger partial charge in [0.1, 0.15) is 5.75 Å². The Bertz CT molecular complexity index is 588. The Balaban J connectivity index is 1.71. The molecule has 0 bridgehead atoms. The number of ether oxygens (including phenoxy) is 2. The fourth-order valence-electron chi connectivity index (χ4n) is 3.34. The SMILES string of the molecule is CCOc1ccc2c(c1)[C@]1(C=N2)CC[C@H](O[CH]C(=O)O)CC1. The van der Waals surface area contributed by atoms with Crippen molar-refractivity contribution in [1.29, 1.82) is 0 Å². The van der Waals surface area contributed by atoms with Crippen molar-refractivity contribution >= 4 is 17.9 Å². The van der Waals surface area contributed by atoms with E-state index in [1.807, 2.05) is 25.3 Å². The van der Waals surface area contributed by atoms with Gasteiger partial charge in [0.15, 0.2) is 6.61 Å². The van der Waals surface area contributed by atoms with Gasteiger partial charge in [-0.2, -0.15) is 0 Å². The van der Waals surface area contributed by atoms with Crippen LogP contribution in [-0.4, -0.2) is 30.0 Å². The first kappa shape index (κ1) is 15.0. The Morgan fingerprint density at radius 1 is 1.45 bits per heavy atom. The van der Waals surface area contributed by atoms with Crippen molar-refractivity contribution in [2.75, 3.05) is 6.61 Å². The van der Waals surface area contributed by atoms with E-state index in [9.17, 15) is 4.79 Å². The summed E-state index contributed by atoms with van der Waals surface area (Å²) in [5.74, 6) is -0.155. The standard InChI is InChI=1S/C17H20NO4/c1-2-21-13-3-4-15-14(9-13)17(11-18-15)7-5-12(6-8-17)22-10-16(19)20/h3-4,9-12H,2,5-8H2,1H3,(H,19,20)/t12-,17+. The number of fused-ring (bicyclic) bond motifs is 2. The molecule has 117 valence electrons. The summed E-state index contributed by atoms with van der Waals surface area (Å²) in [6.07, 6.45) is 5.51. The second-order valence-electron chi connectivity index (χ2n) is 5.82. The molecule has 1 radical (unpaired) electrons. The summed E-state index contributed by atoms with van der Waals surface area (Å²) >= 11 is 0. The van der Waals surface area contributed by atoms with E-state index in [0.29, 0.717) is 6.61 Å². The maximum Gasteiger partial charge on any atom is 0.336 e. The van der Waals surface area contributed by atoms with Crippen LogP contribution in [-0.2, 0) is 14.9 Å². The van der Waals surface area contributed by atoms with Crippen molar-refractivity contribution < 1.29 is 19.4 Å². The van der Waals surface area contributed by atoms with Gasteiger partial charge >= 0.3 is 5.97 Å². The Labute approximate surface area is 130 Å². The highest BCUT2D eigenvalue weighted by molar-refractivity contribution is 5.85. The number of carbonyl (C=O) groups is 1.